The van der Waals surface area contributed by atoms with Gasteiger partial charge in [-0.1, -0.05) is 6.92 Å². The van der Waals surface area contributed by atoms with Gasteiger partial charge in [0.2, 0.25) is 12.1 Å². The first-order chi connectivity index (χ1) is 12.1. The Labute approximate surface area is 150 Å². The molecular formula is C18H25F3O5. The van der Waals surface area contributed by atoms with E-state index in [1.54, 1.807) is 6.92 Å². The lowest BCUT2D eigenvalue weighted by atomic mass is 9.57. The second-order valence-electron chi connectivity index (χ2n) is 8.46. The molecule has 5 fully saturated rings. The predicted octanol–water partition coefficient (Wildman–Crippen LogP) is 4.11. The summed E-state index contributed by atoms with van der Waals surface area (Å²) in [5, 5.41) is 0. The first-order valence-electron chi connectivity index (χ1n) is 9.46. The molecule has 1 aliphatic carbocycles. The van der Waals surface area contributed by atoms with E-state index >= 15 is 0 Å². The highest BCUT2D eigenvalue weighted by Gasteiger charge is 2.70. The minimum Gasteiger partial charge on any atom is -0.432 e. The molecule has 0 amide bonds. The van der Waals surface area contributed by atoms with E-state index in [1.807, 2.05) is 0 Å². The van der Waals surface area contributed by atoms with Gasteiger partial charge in [-0.3, -0.25) is 4.79 Å². The maximum Gasteiger partial charge on any atom is 0.389 e. The number of halogens is 3. The first-order valence-corrected chi connectivity index (χ1v) is 9.46. The number of ether oxygens (including phenoxy) is 2. The van der Waals surface area contributed by atoms with Crippen molar-refractivity contribution in [3.05, 3.63) is 0 Å². The van der Waals surface area contributed by atoms with Crippen molar-refractivity contribution in [2.75, 3.05) is 0 Å². The van der Waals surface area contributed by atoms with Crippen molar-refractivity contribution < 1.29 is 37.2 Å². The van der Waals surface area contributed by atoms with Crippen molar-refractivity contribution in [3.63, 3.8) is 0 Å². The Balaban J connectivity index is 1.63. The van der Waals surface area contributed by atoms with Crippen molar-refractivity contribution in [1.82, 2.24) is 0 Å². The smallest absolute Gasteiger partial charge is 0.389 e. The Morgan fingerprint density at radius 2 is 1.92 bits per heavy atom. The van der Waals surface area contributed by atoms with Crippen LogP contribution >= 0.6 is 0 Å². The van der Waals surface area contributed by atoms with Crippen LogP contribution in [0.15, 0.2) is 0 Å². The largest absolute Gasteiger partial charge is 0.432 e. The summed E-state index contributed by atoms with van der Waals surface area (Å²) in [5.74, 6) is -1.85. The Morgan fingerprint density at radius 1 is 1.15 bits per heavy atom. The number of rotatable bonds is 3. The summed E-state index contributed by atoms with van der Waals surface area (Å²) < 4.78 is 49.2. The SMILES string of the molecule is C[C@@H]1CC[C@H]2[C@H](CCCC(F)(F)F)C(=O)OC3OC4(C)CC[C@@H]1C32OO4. The number of carbonyl (C=O) groups is 1. The number of alkyl halides is 3. The molecule has 0 aromatic heterocycles. The molecule has 8 heteroatoms. The number of hydrogen-bond donors (Lipinski definition) is 0. The molecule has 0 aromatic rings. The molecule has 4 heterocycles. The van der Waals surface area contributed by atoms with Gasteiger partial charge in [0, 0.05) is 24.7 Å². The van der Waals surface area contributed by atoms with Crippen LogP contribution in [0.5, 0.6) is 0 Å². The van der Waals surface area contributed by atoms with Crippen LogP contribution in [0.3, 0.4) is 0 Å². The maximum atomic E-state index is 12.6. The molecular weight excluding hydrogens is 353 g/mol. The molecule has 2 bridgehead atoms. The van der Waals surface area contributed by atoms with Crippen molar-refractivity contribution in [3.8, 4) is 0 Å². The number of fused-ring (bicyclic) bond motifs is 2. The third kappa shape index (κ3) is 2.85. The fourth-order valence-electron chi connectivity index (χ4n) is 5.46. The molecule has 26 heavy (non-hydrogen) atoms. The van der Waals surface area contributed by atoms with Gasteiger partial charge in [0.1, 0.15) is 0 Å². The van der Waals surface area contributed by atoms with Gasteiger partial charge in [-0.25, -0.2) is 9.78 Å². The summed E-state index contributed by atoms with van der Waals surface area (Å²) in [5.41, 5.74) is -0.912. The number of esters is 1. The molecule has 3 unspecified atom stereocenters. The van der Waals surface area contributed by atoms with Gasteiger partial charge < -0.3 is 9.47 Å². The molecule has 7 atom stereocenters. The monoisotopic (exact) mass is 378 g/mol. The molecule has 5 nitrogen and oxygen atoms in total. The van der Waals surface area contributed by atoms with E-state index in [9.17, 15) is 18.0 Å². The molecule has 0 aromatic carbocycles. The summed E-state index contributed by atoms with van der Waals surface area (Å²) in [6.45, 7) is 3.91. The van der Waals surface area contributed by atoms with Crippen molar-refractivity contribution in [1.29, 1.82) is 0 Å². The molecule has 5 aliphatic rings. The predicted molar refractivity (Wildman–Crippen MR) is 82.3 cm³/mol. The van der Waals surface area contributed by atoms with Crippen molar-refractivity contribution in [2.24, 2.45) is 23.7 Å². The molecule has 4 aliphatic heterocycles. The van der Waals surface area contributed by atoms with Crippen molar-refractivity contribution >= 4 is 5.97 Å². The molecule has 1 saturated carbocycles. The van der Waals surface area contributed by atoms with Gasteiger partial charge in [-0.15, -0.1) is 0 Å². The molecule has 148 valence electrons. The first kappa shape index (κ1) is 18.5. The lowest BCUT2D eigenvalue weighted by Crippen LogP contribution is -2.70. The number of carbonyl (C=O) groups excluding carboxylic acids is 1. The quantitative estimate of drug-likeness (QED) is 0.547. The summed E-state index contributed by atoms with van der Waals surface area (Å²) >= 11 is 0. The molecule has 0 radical (unpaired) electrons. The van der Waals surface area contributed by atoms with E-state index in [1.165, 1.54) is 0 Å². The van der Waals surface area contributed by atoms with E-state index in [4.69, 9.17) is 19.2 Å². The third-order valence-corrected chi connectivity index (χ3v) is 6.76. The summed E-state index contributed by atoms with van der Waals surface area (Å²) in [7, 11) is 0. The zero-order valence-corrected chi connectivity index (χ0v) is 15.0. The van der Waals surface area contributed by atoms with Gasteiger partial charge in [-0.2, -0.15) is 13.2 Å². The second kappa shape index (κ2) is 6.07. The molecule has 1 spiro atoms. The average Bonchev–Trinajstić information content (AvgIpc) is 2.76. The van der Waals surface area contributed by atoms with E-state index in [0.29, 0.717) is 18.8 Å². The summed E-state index contributed by atoms with van der Waals surface area (Å²) in [6, 6.07) is 0. The minimum absolute atomic E-state index is 0.0915. The van der Waals surface area contributed by atoms with Crippen LogP contribution in [-0.4, -0.2) is 29.8 Å². The Bertz CT molecular complexity index is 582. The van der Waals surface area contributed by atoms with Crippen LogP contribution in [0.1, 0.15) is 58.8 Å². The summed E-state index contributed by atoms with van der Waals surface area (Å²) in [6.07, 6.45) is -2.88. The van der Waals surface area contributed by atoms with E-state index in [-0.39, 0.29) is 24.7 Å². The van der Waals surface area contributed by atoms with Crippen LogP contribution in [0, 0.1) is 23.7 Å². The lowest BCUT2D eigenvalue weighted by molar-refractivity contribution is -0.559. The number of hydrogen-bond acceptors (Lipinski definition) is 5. The third-order valence-electron chi connectivity index (χ3n) is 6.76. The van der Waals surface area contributed by atoms with Gasteiger partial charge in [0.15, 0.2) is 5.60 Å². The van der Waals surface area contributed by atoms with E-state index < -0.39 is 42.2 Å². The van der Waals surface area contributed by atoms with E-state index in [0.717, 1.165) is 12.8 Å². The average molecular weight is 378 g/mol. The Hall–Kier alpha value is -0.860. The van der Waals surface area contributed by atoms with Gasteiger partial charge in [0.25, 0.3) is 0 Å². The Morgan fingerprint density at radius 3 is 2.65 bits per heavy atom. The van der Waals surface area contributed by atoms with Gasteiger partial charge >= 0.3 is 12.1 Å². The minimum atomic E-state index is -4.22. The van der Waals surface area contributed by atoms with Crippen LogP contribution in [0.25, 0.3) is 0 Å². The summed E-state index contributed by atoms with van der Waals surface area (Å²) in [4.78, 5) is 24.1. The van der Waals surface area contributed by atoms with Crippen LogP contribution in [0.2, 0.25) is 0 Å². The van der Waals surface area contributed by atoms with Gasteiger partial charge in [0.05, 0.1) is 5.92 Å². The van der Waals surface area contributed by atoms with Gasteiger partial charge in [-0.05, 0) is 44.9 Å². The molecule has 4 saturated heterocycles. The molecule has 0 N–H and O–H groups in total. The highest BCUT2D eigenvalue weighted by Crippen LogP contribution is 2.60. The fraction of sp³-hybridized carbons (Fsp3) is 0.944. The van der Waals surface area contributed by atoms with Crippen LogP contribution < -0.4 is 0 Å². The normalized spacial score (nSPS) is 47.9. The maximum absolute atomic E-state index is 12.6. The van der Waals surface area contributed by atoms with Crippen LogP contribution in [-0.2, 0) is 24.0 Å². The van der Waals surface area contributed by atoms with Crippen LogP contribution in [0.4, 0.5) is 13.2 Å². The zero-order valence-electron chi connectivity index (χ0n) is 15.0. The lowest BCUT2D eigenvalue weighted by Gasteiger charge is -2.58. The topological polar surface area (TPSA) is 54.0 Å². The highest BCUT2D eigenvalue weighted by atomic mass is 19.4. The standard InChI is InChI=1S/C18H25F3O5/c1-10-5-6-13-11(4-3-8-17(19,20)21)14(22)23-15-18(13)12(10)7-9-16(2,24-15)25-26-18/h10-13,15H,3-9H2,1-2H3/t10-,11+,12+,13+,15?,16?,18?/m1/s1. The highest BCUT2D eigenvalue weighted by molar-refractivity contribution is 5.74. The zero-order chi connectivity index (χ0) is 18.7. The Kier molecular flexibility index (Phi) is 4.32. The van der Waals surface area contributed by atoms with E-state index in [2.05, 4.69) is 6.92 Å². The van der Waals surface area contributed by atoms with Crippen molar-refractivity contribution in [2.45, 2.75) is 82.6 Å². The fourth-order valence-corrected chi connectivity index (χ4v) is 5.46. The second-order valence-corrected chi connectivity index (χ2v) is 8.46. The molecule has 5 rings (SSSR count).